The zero-order valence-corrected chi connectivity index (χ0v) is 27.8. The molecule has 240 valence electrons. The van der Waals surface area contributed by atoms with Crippen LogP contribution in [0.1, 0.15) is 113 Å². The third kappa shape index (κ3) is 7.89. The molecule has 2 heterocycles. The lowest BCUT2D eigenvalue weighted by Gasteiger charge is -2.42. The SMILES string of the molecule is CC(C)c1nc(CN(C(=O)CC[C@@H](C2CCCCC2)N2Cc3cc(Oc4ccccc4)ccc3N=C2N)C2CCCCC2)cs1. The molecule has 1 aromatic heterocycles. The van der Waals surface area contributed by atoms with E-state index in [0.29, 0.717) is 43.3 Å². The van der Waals surface area contributed by atoms with Crippen molar-refractivity contribution in [1.29, 1.82) is 0 Å². The highest BCUT2D eigenvalue weighted by Gasteiger charge is 2.34. The highest BCUT2D eigenvalue weighted by Crippen LogP contribution is 2.37. The molecule has 2 N–H and O–H groups in total. The Morgan fingerprint density at radius 2 is 1.73 bits per heavy atom. The number of benzene rings is 2. The van der Waals surface area contributed by atoms with E-state index in [0.717, 1.165) is 52.7 Å². The molecule has 0 unspecified atom stereocenters. The Balaban J connectivity index is 1.20. The lowest BCUT2D eigenvalue weighted by atomic mass is 9.81. The van der Waals surface area contributed by atoms with Crippen LogP contribution in [0.15, 0.2) is 58.9 Å². The predicted octanol–water partition coefficient (Wildman–Crippen LogP) is 8.91. The molecular formula is C37H49N5O2S. The Bertz CT molecular complexity index is 1440. The Hall–Kier alpha value is -3.39. The fraction of sp³-hybridized carbons (Fsp3) is 0.541. The molecule has 2 fully saturated rings. The number of guanidine groups is 1. The first-order valence-electron chi connectivity index (χ1n) is 17.1. The number of hydrogen-bond donors (Lipinski definition) is 1. The Kier molecular flexibility index (Phi) is 10.4. The van der Waals surface area contributed by atoms with Crippen LogP contribution in [-0.4, -0.2) is 38.7 Å². The van der Waals surface area contributed by atoms with E-state index in [1.54, 1.807) is 11.3 Å². The zero-order valence-electron chi connectivity index (χ0n) is 27.0. The van der Waals surface area contributed by atoms with Gasteiger partial charge in [-0.3, -0.25) is 4.79 Å². The summed E-state index contributed by atoms with van der Waals surface area (Å²) in [5.41, 5.74) is 9.76. The second-order valence-corrected chi connectivity index (χ2v) is 14.3. The first kappa shape index (κ1) is 31.6. The van der Waals surface area contributed by atoms with Crippen molar-refractivity contribution in [3.8, 4) is 11.5 Å². The van der Waals surface area contributed by atoms with E-state index in [1.807, 2.05) is 42.5 Å². The number of carbonyl (C=O) groups is 1. The molecule has 2 aliphatic carbocycles. The molecule has 3 aromatic rings. The molecule has 1 aliphatic heterocycles. The van der Waals surface area contributed by atoms with Gasteiger partial charge >= 0.3 is 0 Å². The van der Waals surface area contributed by atoms with Crippen LogP contribution in [0.5, 0.6) is 11.5 Å². The van der Waals surface area contributed by atoms with Crippen LogP contribution in [0, 0.1) is 5.92 Å². The molecular weight excluding hydrogens is 579 g/mol. The van der Waals surface area contributed by atoms with Crippen molar-refractivity contribution in [3.05, 3.63) is 70.2 Å². The third-order valence-electron chi connectivity index (χ3n) is 9.88. The summed E-state index contributed by atoms with van der Waals surface area (Å²) in [6, 6.07) is 16.4. The van der Waals surface area contributed by atoms with E-state index in [1.165, 1.54) is 51.4 Å². The molecule has 8 heteroatoms. The topological polar surface area (TPSA) is 84.0 Å². The van der Waals surface area contributed by atoms with Gasteiger partial charge in [0, 0.05) is 41.9 Å². The third-order valence-corrected chi connectivity index (χ3v) is 11.1. The maximum absolute atomic E-state index is 14.2. The van der Waals surface area contributed by atoms with Crippen molar-refractivity contribution in [2.24, 2.45) is 16.6 Å². The molecule has 0 bridgehead atoms. The van der Waals surface area contributed by atoms with Crippen molar-refractivity contribution in [1.82, 2.24) is 14.8 Å². The van der Waals surface area contributed by atoms with Crippen LogP contribution in [0.2, 0.25) is 0 Å². The number of aromatic nitrogens is 1. The van der Waals surface area contributed by atoms with Gasteiger partial charge < -0.3 is 20.3 Å². The minimum atomic E-state index is 0.171. The van der Waals surface area contributed by atoms with Gasteiger partial charge in [0.25, 0.3) is 0 Å². The van der Waals surface area contributed by atoms with Crippen LogP contribution in [0.3, 0.4) is 0 Å². The second kappa shape index (κ2) is 14.8. The number of aliphatic imine (C=N–C) groups is 1. The van der Waals surface area contributed by atoms with Crippen LogP contribution >= 0.6 is 11.3 Å². The quantitative estimate of drug-likeness (QED) is 0.230. The highest BCUT2D eigenvalue weighted by molar-refractivity contribution is 7.09. The minimum Gasteiger partial charge on any atom is -0.457 e. The summed E-state index contributed by atoms with van der Waals surface area (Å²) >= 11 is 1.72. The summed E-state index contributed by atoms with van der Waals surface area (Å²) in [5, 5.41) is 3.30. The van der Waals surface area contributed by atoms with Gasteiger partial charge in [-0.2, -0.15) is 0 Å². The van der Waals surface area contributed by atoms with Crippen molar-refractivity contribution < 1.29 is 9.53 Å². The first-order valence-corrected chi connectivity index (χ1v) is 18.0. The molecule has 3 aliphatic rings. The van der Waals surface area contributed by atoms with Crippen LogP contribution < -0.4 is 10.5 Å². The van der Waals surface area contributed by atoms with Crippen LogP contribution in [0.25, 0.3) is 0 Å². The molecule has 0 saturated heterocycles. The summed E-state index contributed by atoms with van der Waals surface area (Å²) in [4.78, 5) is 28.4. The van der Waals surface area contributed by atoms with E-state index in [9.17, 15) is 4.79 Å². The van der Waals surface area contributed by atoms with Gasteiger partial charge in [-0.1, -0.05) is 70.6 Å². The minimum absolute atomic E-state index is 0.171. The smallest absolute Gasteiger partial charge is 0.223 e. The van der Waals surface area contributed by atoms with E-state index < -0.39 is 0 Å². The summed E-state index contributed by atoms with van der Waals surface area (Å²) < 4.78 is 6.16. The largest absolute Gasteiger partial charge is 0.457 e. The normalized spacial score (nSPS) is 18.4. The number of amides is 1. The van der Waals surface area contributed by atoms with Crippen LogP contribution in [-0.2, 0) is 17.9 Å². The fourth-order valence-electron chi connectivity index (χ4n) is 7.45. The molecule has 1 amide bonds. The Morgan fingerprint density at radius 1 is 1.00 bits per heavy atom. The van der Waals surface area contributed by atoms with Gasteiger partial charge in [-0.25, -0.2) is 9.98 Å². The number of ether oxygens (including phenoxy) is 1. The average Bonchev–Trinajstić information content (AvgIpc) is 3.55. The van der Waals surface area contributed by atoms with E-state index in [-0.39, 0.29) is 11.9 Å². The number of hydrogen-bond acceptors (Lipinski definition) is 7. The van der Waals surface area contributed by atoms with Gasteiger partial charge in [-0.05, 0) is 68.4 Å². The average molecular weight is 628 g/mol. The lowest BCUT2D eigenvalue weighted by molar-refractivity contribution is -0.135. The highest BCUT2D eigenvalue weighted by atomic mass is 32.1. The van der Waals surface area contributed by atoms with Gasteiger partial charge in [0.1, 0.15) is 11.5 Å². The van der Waals surface area contributed by atoms with Gasteiger partial charge in [0.2, 0.25) is 5.91 Å². The number of para-hydroxylation sites is 1. The molecule has 2 saturated carbocycles. The lowest BCUT2D eigenvalue weighted by Crippen LogP contribution is -2.50. The van der Waals surface area contributed by atoms with E-state index >= 15 is 0 Å². The first-order chi connectivity index (χ1) is 21.9. The Morgan fingerprint density at radius 3 is 2.44 bits per heavy atom. The molecule has 2 aromatic carbocycles. The van der Waals surface area contributed by atoms with Crippen molar-refractivity contribution in [3.63, 3.8) is 0 Å². The molecule has 45 heavy (non-hydrogen) atoms. The standard InChI is InChI=1S/C37H49N5O2S/c1-26(2)36-39-29(25-45-36)24-41(30-14-8-4-9-15-30)35(43)21-20-34(27-12-6-3-7-13-27)42-23-28-22-32(18-19-33(28)40-37(42)38)44-31-16-10-5-11-17-31/h5,10-11,16-19,22,25-27,30,34H,3-4,6-9,12-15,20-21,23-24H2,1-2H3,(H2,38,40)/t34-/m0/s1. The number of rotatable bonds is 11. The zero-order chi connectivity index (χ0) is 31.2. The number of nitrogens with zero attached hydrogens (tertiary/aromatic N) is 4. The summed E-state index contributed by atoms with van der Waals surface area (Å²) in [6.45, 7) is 5.66. The maximum atomic E-state index is 14.2. The molecule has 7 nitrogen and oxygen atoms in total. The van der Waals surface area contributed by atoms with Crippen molar-refractivity contribution in [2.75, 3.05) is 0 Å². The van der Waals surface area contributed by atoms with Crippen LogP contribution in [0.4, 0.5) is 5.69 Å². The predicted molar refractivity (Wildman–Crippen MR) is 183 cm³/mol. The van der Waals surface area contributed by atoms with Gasteiger partial charge in [0.15, 0.2) is 5.96 Å². The van der Waals surface area contributed by atoms with Crippen molar-refractivity contribution >= 4 is 28.9 Å². The fourth-order valence-corrected chi connectivity index (χ4v) is 8.28. The summed E-state index contributed by atoms with van der Waals surface area (Å²) in [6.07, 6.45) is 13.3. The van der Waals surface area contributed by atoms with Gasteiger partial charge in [0.05, 0.1) is 22.9 Å². The number of nitrogens with two attached hydrogens (primary N) is 1. The summed E-state index contributed by atoms with van der Waals surface area (Å²) in [7, 11) is 0. The molecule has 6 rings (SSSR count). The molecule has 1 atom stereocenters. The number of fused-ring (bicyclic) bond motifs is 1. The Labute approximate surface area is 272 Å². The van der Waals surface area contributed by atoms with E-state index in [4.69, 9.17) is 20.4 Å². The van der Waals surface area contributed by atoms with E-state index in [2.05, 4.69) is 35.1 Å². The number of carbonyl (C=O) groups excluding carboxylic acids is 1. The molecule has 0 spiro atoms. The monoisotopic (exact) mass is 627 g/mol. The number of thiazole rings is 1. The van der Waals surface area contributed by atoms with Crippen molar-refractivity contribution in [2.45, 2.75) is 122 Å². The summed E-state index contributed by atoms with van der Waals surface area (Å²) in [5.74, 6) is 3.34. The molecule has 0 radical (unpaired) electrons. The maximum Gasteiger partial charge on any atom is 0.223 e. The second-order valence-electron chi connectivity index (χ2n) is 13.5. The van der Waals surface area contributed by atoms with Gasteiger partial charge in [-0.15, -0.1) is 11.3 Å².